The maximum absolute atomic E-state index is 5.69. The lowest BCUT2D eigenvalue weighted by Crippen LogP contribution is -2.10. The average molecular weight is 299 g/mol. The summed E-state index contributed by atoms with van der Waals surface area (Å²) < 4.78 is 11.3. The topological polar surface area (TPSA) is 18.5 Å². The molecule has 0 aromatic heterocycles. The van der Waals surface area contributed by atoms with Crippen molar-refractivity contribution in [2.45, 2.75) is 31.5 Å². The van der Waals surface area contributed by atoms with Crippen LogP contribution in [0.25, 0.3) is 0 Å². The molecule has 2 nitrogen and oxygen atoms in total. The van der Waals surface area contributed by atoms with Crippen LogP contribution in [0, 0.1) is 5.92 Å². The Morgan fingerprint density at radius 3 is 2.59 bits per heavy atom. The molecule has 0 fully saturated rings. The lowest BCUT2D eigenvalue weighted by molar-refractivity contribution is 0.297. The van der Waals surface area contributed by atoms with Crippen LogP contribution in [0.5, 0.6) is 11.5 Å². The number of halogens is 1. The molecule has 0 spiro atoms. The van der Waals surface area contributed by atoms with Gasteiger partial charge in [-0.25, -0.2) is 0 Å². The van der Waals surface area contributed by atoms with E-state index in [4.69, 9.17) is 9.47 Å². The van der Waals surface area contributed by atoms with Gasteiger partial charge in [-0.15, -0.1) is 0 Å². The molecule has 0 amide bonds. The number of hydrogen-bond acceptors (Lipinski definition) is 2. The van der Waals surface area contributed by atoms with Crippen LogP contribution in [-0.4, -0.2) is 18.0 Å². The van der Waals surface area contributed by atoms with E-state index in [9.17, 15) is 0 Å². The van der Waals surface area contributed by atoms with Gasteiger partial charge < -0.3 is 9.47 Å². The first-order chi connectivity index (χ1) is 8.16. The minimum Gasteiger partial charge on any atom is -0.490 e. The van der Waals surface area contributed by atoms with Crippen molar-refractivity contribution in [3.05, 3.63) is 23.8 Å². The first kappa shape index (κ1) is 12.7. The molecule has 0 saturated heterocycles. The molecule has 94 valence electrons. The van der Waals surface area contributed by atoms with Crippen LogP contribution < -0.4 is 9.47 Å². The Hall–Kier alpha value is -0.700. The summed E-state index contributed by atoms with van der Waals surface area (Å²) in [7, 11) is 0. The van der Waals surface area contributed by atoms with Crippen molar-refractivity contribution in [3.63, 3.8) is 0 Å². The zero-order valence-corrected chi connectivity index (χ0v) is 12.0. The van der Waals surface area contributed by atoms with Gasteiger partial charge in [-0.3, -0.25) is 0 Å². The third-order valence-electron chi connectivity index (χ3n) is 2.97. The van der Waals surface area contributed by atoms with Gasteiger partial charge in [0.25, 0.3) is 0 Å². The molecule has 0 aliphatic carbocycles. The van der Waals surface area contributed by atoms with E-state index >= 15 is 0 Å². The molecule has 0 N–H and O–H groups in total. The van der Waals surface area contributed by atoms with Crippen molar-refractivity contribution in [2.75, 3.05) is 13.2 Å². The third-order valence-corrected chi connectivity index (χ3v) is 4.35. The van der Waals surface area contributed by atoms with E-state index in [1.165, 1.54) is 5.56 Å². The van der Waals surface area contributed by atoms with Crippen LogP contribution in [0.1, 0.15) is 25.8 Å². The summed E-state index contributed by atoms with van der Waals surface area (Å²) in [6.07, 6.45) is 1.98. The van der Waals surface area contributed by atoms with Crippen LogP contribution in [0.4, 0.5) is 0 Å². The van der Waals surface area contributed by atoms with Crippen LogP contribution in [0.2, 0.25) is 0 Å². The highest BCUT2D eigenvalue weighted by molar-refractivity contribution is 9.09. The van der Waals surface area contributed by atoms with E-state index in [2.05, 4.69) is 41.9 Å². The summed E-state index contributed by atoms with van der Waals surface area (Å²) in [4.78, 5) is 0.507. The van der Waals surface area contributed by atoms with Crippen molar-refractivity contribution < 1.29 is 9.47 Å². The van der Waals surface area contributed by atoms with Crippen molar-refractivity contribution in [1.29, 1.82) is 0 Å². The molecule has 1 atom stereocenters. The number of hydrogen-bond donors (Lipinski definition) is 0. The van der Waals surface area contributed by atoms with E-state index < -0.39 is 0 Å². The fourth-order valence-electron chi connectivity index (χ4n) is 1.80. The normalized spacial score (nSPS) is 16.7. The highest BCUT2D eigenvalue weighted by Gasteiger charge is 2.14. The predicted molar refractivity (Wildman–Crippen MR) is 73.3 cm³/mol. The monoisotopic (exact) mass is 298 g/mol. The van der Waals surface area contributed by atoms with E-state index in [1.807, 2.05) is 6.07 Å². The number of ether oxygens (including phenoxy) is 2. The lowest BCUT2D eigenvalue weighted by Gasteiger charge is -2.15. The summed E-state index contributed by atoms with van der Waals surface area (Å²) in [6.45, 7) is 5.95. The van der Waals surface area contributed by atoms with Gasteiger partial charge in [-0.05, 0) is 30.0 Å². The molecule has 2 rings (SSSR count). The Balaban J connectivity index is 2.12. The molecule has 0 radical (unpaired) electrons. The van der Waals surface area contributed by atoms with E-state index in [1.54, 1.807) is 0 Å². The first-order valence-corrected chi connectivity index (χ1v) is 7.11. The molecule has 1 aromatic carbocycles. The smallest absolute Gasteiger partial charge is 0.161 e. The fourth-order valence-corrected chi connectivity index (χ4v) is 2.17. The second-order valence-corrected chi connectivity index (χ2v) is 5.97. The molecule has 3 heteroatoms. The van der Waals surface area contributed by atoms with Crippen molar-refractivity contribution in [2.24, 2.45) is 5.92 Å². The Morgan fingerprint density at radius 1 is 1.18 bits per heavy atom. The summed E-state index contributed by atoms with van der Waals surface area (Å²) in [5, 5.41) is 0. The molecule has 1 aromatic rings. The molecule has 0 bridgehead atoms. The Kier molecular flexibility index (Phi) is 4.32. The first-order valence-electron chi connectivity index (χ1n) is 6.19. The minimum atomic E-state index is 0.507. The summed E-state index contributed by atoms with van der Waals surface area (Å²) in [5.41, 5.74) is 1.30. The SMILES string of the molecule is CC(C)C(Br)Cc1ccc2c(c1)OCCCO2. The van der Waals surface area contributed by atoms with Gasteiger partial charge in [0.05, 0.1) is 13.2 Å². The van der Waals surface area contributed by atoms with Gasteiger partial charge in [0.15, 0.2) is 11.5 Å². The molecular weight excluding hydrogens is 280 g/mol. The minimum absolute atomic E-state index is 0.507. The quantitative estimate of drug-likeness (QED) is 0.790. The van der Waals surface area contributed by atoms with E-state index in [0.717, 1.165) is 37.6 Å². The molecule has 17 heavy (non-hydrogen) atoms. The van der Waals surface area contributed by atoms with Crippen molar-refractivity contribution in [1.82, 2.24) is 0 Å². The second-order valence-electron chi connectivity index (χ2n) is 4.80. The molecular formula is C14H19BrO2. The van der Waals surface area contributed by atoms with Gasteiger partial charge in [0, 0.05) is 11.2 Å². The van der Waals surface area contributed by atoms with E-state index in [-0.39, 0.29) is 0 Å². The molecule has 1 heterocycles. The predicted octanol–water partition coefficient (Wildman–Crippen LogP) is 3.81. The Labute approximate surface area is 111 Å². The van der Waals surface area contributed by atoms with E-state index in [0.29, 0.717) is 10.7 Å². The van der Waals surface area contributed by atoms with Crippen molar-refractivity contribution >= 4 is 15.9 Å². The van der Waals surface area contributed by atoms with Gasteiger partial charge >= 0.3 is 0 Å². The number of fused-ring (bicyclic) bond motifs is 1. The largest absolute Gasteiger partial charge is 0.490 e. The van der Waals surface area contributed by atoms with Gasteiger partial charge in [-0.2, -0.15) is 0 Å². The number of rotatable bonds is 3. The highest BCUT2D eigenvalue weighted by atomic mass is 79.9. The Bertz CT molecular complexity index is 376. The van der Waals surface area contributed by atoms with Crippen LogP contribution >= 0.6 is 15.9 Å². The molecule has 0 saturated carbocycles. The maximum Gasteiger partial charge on any atom is 0.161 e. The zero-order valence-electron chi connectivity index (χ0n) is 10.4. The maximum atomic E-state index is 5.69. The van der Waals surface area contributed by atoms with Crippen molar-refractivity contribution in [3.8, 4) is 11.5 Å². The highest BCUT2D eigenvalue weighted by Crippen LogP contribution is 2.31. The third kappa shape index (κ3) is 3.38. The average Bonchev–Trinajstić information content (AvgIpc) is 2.53. The van der Waals surface area contributed by atoms with Gasteiger partial charge in [0.1, 0.15) is 0 Å². The summed E-state index contributed by atoms with van der Waals surface area (Å²) in [6, 6.07) is 6.26. The lowest BCUT2D eigenvalue weighted by atomic mass is 10.0. The molecule has 1 unspecified atom stereocenters. The molecule has 1 aliphatic heterocycles. The van der Waals surface area contributed by atoms with Gasteiger partial charge in [-0.1, -0.05) is 35.8 Å². The van der Waals surface area contributed by atoms with Crippen LogP contribution in [0.3, 0.4) is 0 Å². The number of alkyl halides is 1. The fraction of sp³-hybridized carbons (Fsp3) is 0.571. The van der Waals surface area contributed by atoms with Gasteiger partial charge in [0.2, 0.25) is 0 Å². The summed E-state index contributed by atoms with van der Waals surface area (Å²) >= 11 is 3.72. The van der Waals surface area contributed by atoms with Crippen LogP contribution in [0.15, 0.2) is 18.2 Å². The zero-order chi connectivity index (χ0) is 12.3. The summed E-state index contributed by atoms with van der Waals surface area (Å²) in [5.74, 6) is 2.40. The second kappa shape index (κ2) is 5.76. The Morgan fingerprint density at radius 2 is 1.88 bits per heavy atom. The van der Waals surface area contributed by atoms with Crippen LogP contribution in [-0.2, 0) is 6.42 Å². The standard InChI is InChI=1S/C14H19BrO2/c1-10(2)12(15)8-11-4-5-13-14(9-11)17-7-3-6-16-13/h4-5,9-10,12H,3,6-8H2,1-2H3. The molecule has 1 aliphatic rings. The number of benzene rings is 1.